The number of aromatic nitrogens is 2. The zero-order valence-electron chi connectivity index (χ0n) is 8.58. The molecule has 3 N–H and O–H groups in total. The molecular formula is C9H12N2O4S. The molecule has 0 unspecified atom stereocenters. The predicted molar refractivity (Wildman–Crippen MR) is 59.6 cm³/mol. The molecule has 0 radical (unpaired) electrons. The van der Waals surface area contributed by atoms with Gasteiger partial charge in [-0.1, -0.05) is 0 Å². The van der Waals surface area contributed by atoms with E-state index in [0.29, 0.717) is 5.56 Å². The summed E-state index contributed by atoms with van der Waals surface area (Å²) >= 11 is 1.30. The quantitative estimate of drug-likeness (QED) is 0.608. The molecule has 3 atom stereocenters. The van der Waals surface area contributed by atoms with Gasteiger partial charge >= 0.3 is 5.69 Å². The molecule has 7 heteroatoms. The molecule has 1 aliphatic rings. The molecule has 1 fully saturated rings. The number of aliphatic hydroxyl groups excluding tert-OH is 2. The van der Waals surface area contributed by atoms with Crippen molar-refractivity contribution < 1.29 is 10.2 Å². The highest BCUT2D eigenvalue weighted by atomic mass is 32.2. The van der Waals surface area contributed by atoms with Gasteiger partial charge in [-0.15, -0.1) is 11.8 Å². The Morgan fingerprint density at radius 3 is 2.81 bits per heavy atom. The second-order valence-corrected chi connectivity index (χ2v) is 5.08. The lowest BCUT2D eigenvalue weighted by Crippen LogP contribution is -2.48. The number of aliphatic hydroxyl groups is 2. The molecule has 2 heterocycles. The summed E-state index contributed by atoms with van der Waals surface area (Å²) in [6, 6.07) is 0. The summed E-state index contributed by atoms with van der Waals surface area (Å²) in [5, 5.41) is 17.8. The normalized spacial score (nSPS) is 28.8. The van der Waals surface area contributed by atoms with Crippen LogP contribution >= 0.6 is 11.8 Å². The lowest BCUT2D eigenvalue weighted by atomic mass is 10.2. The number of nitrogens with one attached hydrogen (secondary N) is 1. The fraction of sp³-hybridized carbons (Fsp3) is 0.556. The summed E-state index contributed by atoms with van der Waals surface area (Å²) in [6.07, 6.45) is 0.660. The Kier molecular flexibility index (Phi) is 2.92. The Hall–Kier alpha value is -1.05. The van der Waals surface area contributed by atoms with E-state index in [0.717, 1.165) is 0 Å². The van der Waals surface area contributed by atoms with Crippen LogP contribution < -0.4 is 11.2 Å². The van der Waals surface area contributed by atoms with Crippen LogP contribution in [0.1, 0.15) is 10.9 Å². The van der Waals surface area contributed by atoms with Crippen molar-refractivity contribution in [2.75, 3.05) is 6.61 Å². The maximum absolute atomic E-state index is 11.5. The van der Waals surface area contributed by atoms with Gasteiger partial charge in [0.25, 0.3) is 5.56 Å². The maximum Gasteiger partial charge on any atom is 0.329 e. The molecule has 0 spiro atoms. The molecule has 0 aromatic carbocycles. The third kappa shape index (κ3) is 1.70. The molecule has 6 nitrogen and oxygen atoms in total. The van der Waals surface area contributed by atoms with Crippen LogP contribution in [-0.4, -0.2) is 37.7 Å². The van der Waals surface area contributed by atoms with Gasteiger partial charge in [-0.25, -0.2) is 4.79 Å². The monoisotopic (exact) mass is 244 g/mol. The lowest BCUT2D eigenvalue weighted by Gasteiger charge is -2.40. The third-order valence-electron chi connectivity index (χ3n) is 2.59. The fourth-order valence-electron chi connectivity index (χ4n) is 1.59. The molecule has 0 bridgehead atoms. The molecule has 1 aromatic heterocycles. The van der Waals surface area contributed by atoms with Crippen LogP contribution in [-0.2, 0) is 0 Å². The van der Waals surface area contributed by atoms with E-state index in [1.165, 1.54) is 22.5 Å². The van der Waals surface area contributed by atoms with Gasteiger partial charge in [-0.3, -0.25) is 14.3 Å². The second kappa shape index (κ2) is 4.08. The van der Waals surface area contributed by atoms with Gasteiger partial charge in [0.05, 0.1) is 18.0 Å². The number of aryl methyl sites for hydroxylation is 1. The standard InChI is InChI=1S/C9H12N2O4S/c1-4-2-11(9(15)10-7(4)14)8-6(13)5(3-12)16-8/h2,5-6,8,12-13H,3H2,1H3,(H,10,14,15)/t5-,6-,8-/m1/s1. The summed E-state index contributed by atoms with van der Waals surface area (Å²) in [5.41, 5.74) is -0.540. The van der Waals surface area contributed by atoms with Gasteiger partial charge < -0.3 is 10.2 Å². The summed E-state index contributed by atoms with van der Waals surface area (Å²) < 4.78 is 1.29. The van der Waals surface area contributed by atoms with Crippen LogP contribution in [0.5, 0.6) is 0 Å². The number of nitrogens with zero attached hydrogens (tertiary/aromatic N) is 1. The van der Waals surface area contributed by atoms with Crippen molar-refractivity contribution in [2.45, 2.75) is 23.7 Å². The van der Waals surface area contributed by atoms with Gasteiger partial charge in [0.1, 0.15) is 5.37 Å². The SMILES string of the molecule is Cc1cn([C@@H]2S[C@H](CO)[C@H]2O)c(=O)[nH]c1=O. The highest BCUT2D eigenvalue weighted by molar-refractivity contribution is 8.01. The van der Waals surface area contributed by atoms with Crippen molar-refractivity contribution in [3.05, 3.63) is 32.6 Å². The van der Waals surface area contributed by atoms with E-state index in [2.05, 4.69) is 4.98 Å². The van der Waals surface area contributed by atoms with Crippen LogP contribution in [0.25, 0.3) is 0 Å². The smallest absolute Gasteiger partial charge is 0.329 e. The molecule has 1 saturated heterocycles. The minimum absolute atomic E-state index is 0.126. The molecule has 0 amide bonds. The first kappa shape index (κ1) is 11.4. The van der Waals surface area contributed by atoms with Crippen molar-refractivity contribution >= 4 is 11.8 Å². The summed E-state index contributed by atoms with van der Waals surface area (Å²) in [5.74, 6) is 0. The fourth-order valence-corrected chi connectivity index (χ4v) is 2.71. The predicted octanol–water partition coefficient (Wildman–Crippen LogP) is -1.19. The van der Waals surface area contributed by atoms with E-state index in [1.54, 1.807) is 6.92 Å². The van der Waals surface area contributed by atoms with Crippen molar-refractivity contribution in [2.24, 2.45) is 0 Å². The average Bonchev–Trinajstić information content (AvgIpc) is 2.24. The minimum Gasteiger partial charge on any atom is -0.395 e. The van der Waals surface area contributed by atoms with E-state index in [9.17, 15) is 14.7 Å². The van der Waals surface area contributed by atoms with Gasteiger partial charge in [-0.2, -0.15) is 0 Å². The molecule has 1 aromatic rings. The summed E-state index contributed by atoms with van der Waals surface area (Å²) in [6.45, 7) is 1.47. The third-order valence-corrected chi connectivity index (χ3v) is 4.15. The first-order chi connectivity index (χ1) is 7.54. The zero-order chi connectivity index (χ0) is 11.9. The molecule has 16 heavy (non-hydrogen) atoms. The number of H-pyrrole nitrogens is 1. The Morgan fingerprint density at radius 2 is 2.25 bits per heavy atom. The van der Waals surface area contributed by atoms with E-state index in [1.807, 2.05) is 0 Å². The molecule has 0 aliphatic carbocycles. The largest absolute Gasteiger partial charge is 0.395 e. The van der Waals surface area contributed by atoms with Crippen LogP contribution in [0.15, 0.2) is 15.8 Å². The molecule has 88 valence electrons. The minimum atomic E-state index is -0.766. The number of thioether (sulfide) groups is 1. The molecule has 0 saturated carbocycles. The Morgan fingerprint density at radius 1 is 1.56 bits per heavy atom. The summed E-state index contributed by atoms with van der Waals surface area (Å²) in [4.78, 5) is 24.8. The van der Waals surface area contributed by atoms with Crippen molar-refractivity contribution in [3.8, 4) is 0 Å². The van der Waals surface area contributed by atoms with Gasteiger partial charge in [0, 0.05) is 11.8 Å². The lowest BCUT2D eigenvalue weighted by molar-refractivity contribution is 0.0985. The summed E-state index contributed by atoms with van der Waals surface area (Å²) in [7, 11) is 0. The topological polar surface area (TPSA) is 95.3 Å². The zero-order valence-corrected chi connectivity index (χ0v) is 9.40. The van der Waals surface area contributed by atoms with E-state index in [4.69, 9.17) is 5.11 Å². The first-order valence-electron chi connectivity index (χ1n) is 4.81. The first-order valence-corrected chi connectivity index (χ1v) is 5.75. The van der Waals surface area contributed by atoms with Gasteiger partial charge in [0.2, 0.25) is 0 Å². The maximum atomic E-state index is 11.5. The van der Waals surface area contributed by atoms with Crippen LogP contribution in [0.3, 0.4) is 0 Å². The van der Waals surface area contributed by atoms with Crippen molar-refractivity contribution in [1.29, 1.82) is 0 Å². The van der Waals surface area contributed by atoms with E-state index < -0.39 is 22.7 Å². The molecular weight excluding hydrogens is 232 g/mol. The highest BCUT2D eigenvalue weighted by Crippen LogP contribution is 2.43. The Labute approximate surface area is 94.9 Å². The Balaban J connectivity index is 2.33. The Bertz CT molecular complexity index is 509. The number of aromatic amines is 1. The molecule has 2 rings (SSSR count). The van der Waals surface area contributed by atoms with Crippen LogP contribution in [0.4, 0.5) is 0 Å². The number of hydrogen-bond acceptors (Lipinski definition) is 5. The molecule has 1 aliphatic heterocycles. The van der Waals surface area contributed by atoms with Crippen LogP contribution in [0.2, 0.25) is 0 Å². The van der Waals surface area contributed by atoms with Crippen molar-refractivity contribution in [3.63, 3.8) is 0 Å². The van der Waals surface area contributed by atoms with E-state index in [-0.39, 0.29) is 11.9 Å². The van der Waals surface area contributed by atoms with E-state index >= 15 is 0 Å². The highest BCUT2D eigenvalue weighted by Gasteiger charge is 2.42. The van der Waals surface area contributed by atoms with Gasteiger partial charge in [0.15, 0.2) is 0 Å². The van der Waals surface area contributed by atoms with Crippen molar-refractivity contribution in [1.82, 2.24) is 9.55 Å². The van der Waals surface area contributed by atoms with Gasteiger partial charge in [-0.05, 0) is 6.92 Å². The van der Waals surface area contributed by atoms with Crippen LogP contribution in [0, 0.1) is 6.92 Å². The number of hydrogen-bond donors (Lipinski definition) is 3. The number of rotatable bonds is 2. The average molecular weight is 244 g/mol. The second-order valence-electron chi connectivity index (χ2n) is 3.72.